The van der Waals surface area contributed by atoms with Crippen LogP contribution < -0.4 is 11.0 Å². The van der Waals surface area contributed by atoms with Crippen molar-refractivity contribution in [1.82, 2.24) is 9.97 Å². The van der Waals surface area contributed by atoms with E-state index >= 15 is 0 Å². The fraction of sp³-hybridized carbons (Fsp3) is 0.214. The van der Waals surface area contributed by atoms with Gasteiger partial charge in [-0.25, -0.2) is 18.0 Å². The molecule has 2 N–H and O–H groups in total. The molecular formula is C14H10F3N3O2. The van der Waals surface area contributed by atoms with E-state index in [1.165, 1.54) is 0 Å². The Morgan fingerprint density at radius 3 is 2.82 bits per heavy atom. The van der Waals surface area contributed by atoms with Crippen LogP contribution in [0, 0.1) is 23.4 Å². The van der Waals surface area contributed by atoms with E-state index in [1.807, 2.05) is 0 Å². The fourth-order valence-electron chi connectivity index (χ4n) is 2.31. The van der Waals surface area contributed by atoms with Gasteiger partial charge in [0.25, 0.3) is 0 Å². The Morgan fingerprint density at radius 1 is 1.27 bits per heavy atom. The number of nitrogens with one attached hydrogen (secondary N) is 2. The van der Waals surface area contributed by atoms with Gasteiger partial charge in [0.05, 0.1) is 6.20 Å². The lowest BCUT2D eigenvalue weighted by Gasteiger charge is -2.06. The monoisotopic (exact) mass is 309 g/mol. The number of halogens is 3. The van der Waals surface area contributed by atoms with Crippen molar-refractivity contribution in [1.29, 1.82) is 0 Å². The molecule has 1 fully saturated rings. The van der Waals surface area contributed by atoms with E-state index in [9.17, 15) is 22.8 Å². The Kier molecular flexibility index (Phi) is 3.44. The highest BCUT2D eigenvalue weighted by Gasteiger charge is 2.45. The third-order valence-electron chi connectivity index (χ3n) is 3.50. The number of nitrogens with zero attached hydrogens (tertiary/aromatic N) is 1. The minimum Gasteiger partial charge on any atom is -0.309 e. The van der Waals surface area contributed by atoms with Crippen molar-refractivity contribution in [3.63, 3.8) is 0 Å². The number of carbonyl (C=O) groups is 1. The summed E-state index contributed by atoms with van der Waals surface area (Å²) in [7, 11) is 0. The molecule has 0 unspecified atom stereocenters. The number of aromatic nitrogens is 2. The van der Waals surface area contributed by atoms with Gasteiger partial charge in [-0.05, 0) is 36.1 Å². The van der Waals surface area contributed by atoms with E-state index in [2.05, 4.69) is 15.3 Å². The molecule has 3 rings (SSSR count). The van der Waals surface area contributed by atoms with Crippen molar-refractivity contribution in [3.8, 4) is 0 Å². The molecule has 0 saturated heterocycles. The number of H-pyrrole nitrogens is 1. The van der Waals surface area contributed by atoms with Crippen LogP contribution in [0.3, 0.4) is 0 Å². The second-order valence-electron chi connectivity index (χ2n) is 5.02. The summed E-state index contributed by atoms with van der Waals surface area (Å²) in [6.45, 7) is 0. The predicted octanol–water partition coefficient (Wildman–Crippen LogP) is 1.93. The van der Waals surface area contributed by atoms with Crippen molar-refractivity contribution in [3.05, 3.63) is 57.9 Å². The van der Waals surface area contributed by atoms with Crippen molar-refractivity contribution >= 4 is 11.7 Å². The van der Waals surface area contributed by atoms with Crippen molar-refractivity contribution in [2.24, 2.45) is 5.92 Å². The van der Waals surface area contributed by atoms with Gasteiger partial charge in [0, 0.05) is 5.92 Å². The summed E-state index contributed by atoms with van der Waals surface area (Å²) >= 11 is 0. The van der Waals surface area contributed by atoms with Crippen LogP contribution in [-0.4, -0.2) is 15.9 Å². The molecule has 0 aliphatic heterocycles. The standard InChI is InChI=1S/C14H10F3N3O2/c15-6-1-2-10(16)8(3-6)7-4-9(7)13(21)19-12-11(17)5-18-14(22)20-12/h1-3,5,7,9H,4H2,(H2,18,19,20,21,22)/t7-,9-/m1/s1. The lowest BCUT2D eigenvalue weighted by Crippen LogP contribution is -2.21. The molecule has 0 bridgehead atoms. The zero-order valence-corrected chi connectivity index (χ0v) is 11.1. The van der Waals surface area contributed by atoms with E-state index in [0.29, 0.717) is 12.6 Å². The summed E-state index contributed by atoms with van der Waals surface area (Å²) < 4.78 is 40.2. The summed E-state index contributed by atoms with van der Waals surface area (Å²) in [6.07, 6.45) is 1.01. The van der Waals surface area contributed by atoms with Crippen LogP contribution in [0.15, 0.2) is 29.2 Å². The summed E-state index contributed by atoms with van der Waals surface area (Å²) in [6, 6.07) is 3.04. The highest BCUT2D eigenvalue weighted by molar-refractivity contribution is 5.94. The number of aromatic amines is 1. The van der Waals surface area contributed by atoms with Crippen LogP contribution in [0.2, 0.25) is 0 Å². The van der Waals surface area contributed by atoms with E-state index in [1.54, 1.807) is 0 Å². The van der Waals surface area contributed by atoms with Gasteiger partial charge in [-0.3, -0.25) is 9.78 Å². The van der Waals surface area contributed by atoms with Crippen LogP contribution in [0.1, 0.15) is 17.9 Å². The molecular weight excluding hydrogens is 299 g/mol. The topological polar surface area (TPSA) is 74.8 Å². The van der Waals surface area contributed by atoms with E-state index < -0.39 is 46.7 Å². The lowest BCUT2D eigenvalue weighted by molar-refractivity contribution is -0.117. The first-order chi connectivity index (χ1) is 10.5. The van der Waals surface area contributed by atoms with Gasteiger partial charge in [-0.15, -0.1) is 0 Å². The normalized spacial score (nSPS) is 19.8. The summed E-state index contributed by atoms with van der Waals surface area (Å²) in [5.41, 5.74) is -0.691. The Hall–Kier alpha value is -2.64. The lowest BCUT2D eigenvalue weighted by atomic mass is 10.1. The van der Waals surface area contributed by atoms with Gasteiger partial charge < -0.3 is 5.32 Å². The van der Waals surface area contributed by atoms with Crippen LogP contribution in [-0.2, 0) is 4.79 Å². The summed E-state index contributed by atoms with van der Waals surface area (Å²) in [5.74, 6) is -4.11. The maximum Gasteiger partial charge on any atom is 0.346 e. The van der Waals surface area contributed by atoms with Gasteiger partial charge >= 0.3 is 5.69 Å². The molecule has 1 aliphatic rings. The first-order valence-corrected chi connectivity index (χ1v) is 6.46. The molecule has 1 saturated carbocycles. The fourth-order valence-corrected chi connectivity index (χ4v) is 2.31. The van der Waals surface area contributed by atoms with Crippen molar-refractivity contribution < 1.29 is 18.0 Å². The molecule has 22 heavy (non-hydrogen) atoms. The van der Waals surface area contributed by atoms with Crippen LogP contribution in [0.5, 0.6) is 0 Å². The maximum absolute atomic E-state index is 13.6. The number of hydrogen-bond donors (Lipinski definition) is 2. The maximum atomic E-state index is 13.6. The number of hydrogen-bond acceptors (Lipinski definition) is 3. The minimum atomic E-state index is -0.887. The summed E-state index contributed by atoms with van der Waals surface area (Å²) in [5, 5.41) is 2.22. The highest BCUT2D eigenvalue weighted by atomic mass is 19.1. The van der Waals surface area contributed by atoms with E-state index in [-0.39, 0.29) is 5.56 Å². The van der Waals surface area contributed by atoms with Gasteiger partial charge in [0.15, 0.2) is 11.6 Å². The van der Waals surface area contributed by atoms with E-state index in [0.717, 1.165) is 18.2 Å². The Morgan fingerprint density at radius 2 is 2.05 bits per heavy atom. The van der Waals surface area contributed by atoms with Crippen LogP contribution >= 0.6 is 0 Å². The van der Waals surface area contributed by atoms with Gasteiger partial charge in [0.2, 0.25) is 5.91 Å². The van der Waals surface area contributed by atoms with E-state index in [4.69, 9.17) is 0 Å². The second kappa shape index (κ2) is 5.28. The second-order valence-corrected chi connectivity index (χ2v) is 5.02. The zero-order valence-electron chi connectivity index (χ0n) is 11.1. The molecule has 114 valence electrons. The highest BCUT2D eigenvalue weighted by Crippen LogP contribution is 2.48. The Balaban J connectivity index is 1.74. The molecule has 1 amide bonds. The van der Waals surface area contributed by atoms with Crippen molar-refractivity contribution in [2.75, 3.05) is 5.32 Å². The SMILES string of the molecule is O=C(Nc1[nH]c(=O)ncc1F)[C@@H]1C[C@@H]1c1cc(F)ccc1F. The molecule has 2 atom stereocenters. The predicted molar refractivity (Wildman–Crippen MR) is 70.7 cm³/mol. The average molecular weight is 309 g/mol. The minimum absolute atomic E-state index is 0.115. The molecule has 1 aromatic carbocycles. The number of benzene rings is 1. The Labute approximate surface area is 122 Å². The molecule has 1 aliphatic carbocycles. The largest absolute Gasteiger partial charge is 0.346 e. The van der Waals surface area contributed by atoms with Crippen LogP contribution in [0.4, 0.5) is 19.0 Å². The first-order valence-electron chi connectivity index (χ1n) is 6.46. The third kappa shape index (κ3) is 2.72. The Bertz CT molecular complexity index is 806. The molecule has 2 aromatic rings. The zero-order chi connectivity index (χ0) is 15.9. The van der Waals surface area contributed by atoms with Gasteiger partial charge in [0.1, 0.15) is 11.6 Å². The molecule has 5 nitrogen and oxygen atoms in total. The molecule has 0 spiro atoms. The smallest absolute Gasteiger partial charge is 0.309 e. The molecule has 8 heteroatoms. The molecule has 1 aromatic heterocycles. The third-order valence-corrected chi connectivity index (χ3v) is 3.50. The number of anilines is 1. The average Bonchev–Trinajstić information content (AvgIpc) is 3.26. The number of rotatable bonds is 3. The van der Waals surface area contributed by atoms with Gasteiger partial charge in [-0.2, -0.15) is 4.98 Å². The van der Waals surface area contributed by atoms with Gasteiger partial charge in [-0.1, -0.05) is 0 Å². The molecule has 0 radical (unpaired) electrons. The quantitative estimate of drug-likeness (QED) is 0.909. The number of amides is 1. The van der Waals surface area contributed by atoms with Crippen LogP contribution in [0.25, 0.3) is 0 Å². The first kappa shape index (κ1) is 14.3. The summed E-state index contributed by atoms with van der Waals surface area (Å²) in [4.78, 5) is 28.2. The molecule has 1 heterocycles. The number of carbonyl (C=O) groups excluding carboxylic acids is 1. The van der Waals surface area contributed by atoms with Crippen molar-refractivity contribution in [2.45, 2.75) is 12.3 Å².